The summed E-state index contributed by atoms with van der Waals surface area (Å²) in [5.41, 5.74) is 0. The van der Waals surface area contributed by atoms with Gasteiger partial charge in [-0.1, -0.05) is 0 Å². The number of morpholine rings is 1. The Labute approximate surface area is 105 Å². The molecule has 94 valence electrons. The maximum Gasteiger partial charge on any atom is 0.305 e. The summed E-state index contributed by atoms with van der Waals surface area (Å²) in [6.45, 7) is 5.07. The summed E-state index contributed by atoms with van der Waals surface area (Å²) in [5, 5.41) is 9.03. The van der Waals surface area contributed by atoms with Gasteiger partial charge in [-0.3, -0.25) is 9.69 Å². The summed E-state index contributed by atoms with van der Waals surface area (Å²) in [6, 6.07) is 4.09. The number of hydrogen-bond acceptors (Lipinski definition) is 4. The van der Waals surface area contributed by atoms with Crippen LogP contribution in [0.3, 0.4) is 0 Å². The third-order valence-electron chi connectivity index (χ3n) is 2.94. The number of carboxylic acids is 1. The van der Waals surface area contributed by atoms with E-state index in [1.165, 1.54) is 4.88 Å². The Bertz CT molecular complexity index is 385. The number of rotatable bonds is 4. The molecule has 0 spiro atoms. The molecule has 1 unspecified atom stereocenters. The number of nitrogens with zero attached hydrogens (tertiary/aromatic N) is 1. The lowest BCUT2D eigenvalue weighted by Crippen LogP contribution is -2.39. The largest absolute Gasteiger partial charge is 0.481 e. The van der Waals surface area contributed by atoms with E-state index in [-0.39, 0.29) is 12.5 Å². The molecule has 0 amide bonds. The van der Waals surface area contributed by atoms with Crippen molar-refractivity contribution >= 4 is 17.3 Å². The van der Waals surface area contributed by atoms with E-state index in [1.807, 2.05) is 13.0 Å². The number of aliphatic carboxylic acids is 1. The van der Waals surface area contributed by atoms with Crippen LogP contribution in [-0.4, -0.2) is 42.3 Å². The Morgan fingerprint density at radius 1 is 1.53 bits per heavy atom. The van der Waals surface area contributed by atoms with E-state index < -0.39 is 5.97 Å². The maximum atomic E-state index is 11.0. The lowest BCUT2D eigenvalue weighted by atomic mass is 10.1. The van der Waals surface area contributed by atoms with Crippen molar-refractivity contribution in [1.82, 2.24) is 4.90 Å². The minimum Gasteiger partial charge on any atom is -0.481 e. The molecule has 1 aliphatic rings. The molecule has 0 bridgehead atoms. The van der Waals surface area contributed by atoms with Gasteiger partial charge >= 0.3 is 5.97 Å². The third-order valence-corrected chi connectivity index (χ3v) is 4.05. The van der Waals surface area contributed by atoms with Crippen molar-refractivity contribution in [3.63, 3.8) is 0 Å². The van der Waals surface area contributed by atoms with Gasteiger partial charge in [0.05, 0.1) is 25.7 Å². The first-order chi connectivity index (χ1) is 8.16. The standard InChI is InChI=1S/C12H17NO3S/c1-9-2-3-11(17-9)10(8-12(14)15)13-4-6-16-7-5-13/h2-3,10H,4-8H2,1H3,(H,14,15). The zero-order valence-corrected chi connectivity index (χ0v) is 10.7. The number of hydrogen-bond donors (Lipinski definition) is 1. The van der Waals surface area contributed by atoms with Gasteiger partial charge in [-0.15, -0.1) is 11.3 Å². The Morgan fingerprint density at radius 2 is 2.24 bits per heavy atom. The Balaban J connectivity index is 2.14. The fourth-order valence-corrected chi connectivity index (χ4v) is 3.11. The SMILES string of the molecule is Cc1ccc(C(CC(=O)O)N2CCOCC2)s1. The van der Waals surface area contributed by atoms with E-state index in [1.54, 1.807) is 11.3 Å². The van der Waals surface area contributed by atoms with Crippen LogP contribution in [-0.2, 0) is 9.53 Å². The summed E-state index contributed by atoms with van der Waals surface area (Å²) in [5.74, 6) is -0.743. The van der Waals surface area contributed by atoms with E-state index in [2.05, 4.69) is 11.0 Å². The molecule has 2 heterocycles. The summed E-state index contributed by atoms with van der Waals surface area (Å²) in [7, 11) is 0. The van der Waals surface area contributed by atoms with Gasteiger partial charge in [-0.25, -0.2) is 0 Å². The van der Waals surface area contributed by atoms with E-state index >= 15 is 0 Å². The van der Waals surface area contributed by atoms with Crippen LogP contribution in [0.15, 0.2) is 12.1 Å². The zero-order chi connectivity index (χ0) is 12.3. The summed E-state index contributed by atoms with van der Waals surface area (Å²) in [6.07, 6.45) is 0.167. The Morgan fingerprint density at radius 3 is 2.76 bits per heavy atom. The van der Waals surface area contributed by atoms with Crippen molar-refractivity contribution in [2.75, 3.05) is 26.3 Å². The van der Waals surface area contributed by atoms with Gasteiger partial charge in [0.2, 0.25) is 0 Å². The smallest absolute Gasteiger partial charge is 0.305 e. The summed E-state index contributed by atoms with van der Waals surface area (Å²) in [4.78, 5) is 15.6. The van der Waals surface area contributed by atoms with Gasteiger partial charge in [-0.05, 0) is 19.1 Å². The summed E-state index contributed by atoms with van der Waals surface area (Å²) >= 11 is 1.69. The second kappa shape index (κ2) is 5.62. The Kier molecular flexibility index (Phi) is 4.15. The van der Waals surface area contributed by atoms with Crippen LogP contribution in [0.25, 0.3) is 0 Å². The first-order valence-corrected chi connectivity index (χ1v) is 6.58. The van der Waals surface area contributed by atoms with E-state index in [0.29, 0.717) is 13.2 Å². The first kappa shape index (κ1) is 12.5. The zero-order valence-electron chi connectivity index (χ0n) is 9.89. The molecule has 1 atom stereocenters. The lowest BCUT2D eigenvalue weighted by Gasteiger charge is -2.33. The molecule has 1 fully saturated rings. The highest BCUT2D eigenvalue weighted by atomic mass is 32.1. The van der Waals surface area contributed by atoms with Gasteiger partial charge in [0.25, 0.3) is 0 Å². The van der Waals surface area contributed by atoms with Crippen LogP contribution >= 0.6 is 11.3 Å². The molecular weight excluding hydrogens is 238 g/mol. The molecule has 0 aromatic carbocycles. The topological polar surface area (TPSA) is 49.8 Å². The molecule has 1 saturated heterocycles. The van der Waals surface area contributed by atoms with Crippen molar-refractivity contribution in [2.24, 2.45) is 0 Å². The minimum absolute atomic E-state index is 0.00454. The number of aryl methyl sites for hydroxylation is 1. The van der Waals surface area contributed by atoms with Crippen LogP contribution in [0, 0.1) is 6.92 Å². The van der Waals surface area contributed by atoms with Crippen LogP contribution in [0.4, 0.5) is 0 Å². The van der Waals surface area contributed by atoms with Crippen molar-refractivity contribution in [3.8, 4) is 0 Å². The monoisotopic (exact) mass is 255 g/mol. The van der Waals surface area contributed by atoms with Crippen LogP contribution in [0.2, 0.25) is 0 Å². The average molecular weight is 255 g/mol. The van der Waals surface area contributed by atoms with Gasteiger partial charge in [0.1, 0.15) is 0 Å². The highest BCUT2D eigenvalue weighted by Crippen LogP contribution is 2.30. The number of carbonyl (C=O) groups is 1. The lowest BCUT2D eigenvalue weighted by molar-refractivity contribution is -0.139. The highest BCUT2D eigenvalue weighted by molar-refractivity contribution is 7.12. The third kappa shape index (κ3) is 3.28. The van der Waals surface area contributed by atoms with Crippen LogP contribution in [0.1, 0.15) is 22.2 Å². The van der Waals surface area contributed by atoms with Crippen LogP contribution in [0.5, 0.6) is 0 Å². The van der Waals surface area contributed by atoms with Gasteiger partial charge in [-0.2, -0.15) is 0 Å². The van der Waals surface area contributed by atoms with Crippen molar-refractivity contribution in [2.45, 2.75) is 19.4 Å². The van der Waals surface area contributed by atoms with Crippen molar-refractivity contribution < 1.29 is 14.6 Å². The molecule has 0 saturated carbocycles. The number of ether oxygens (including phenoxy) is 1. The van der Waals surface area contributed by atoms with Crippen LogP contribution < -0.4 is 0 Å². The summed E-state index contributed by atoms with van der Waals surface area (Å²) < 4.78 is 5.31. The predicted octanol–water partition coefficient (Wildman–Crippen LogP) is 1.90. The van der Waals surface area contributed by atoms with Crippen molar-refractivity contribution in [1.29, 1.82) is 0 Å². The highest BCUT2D eigenvalue weighted by Gasteiger charge is 2.25. The minimum atomic E-state index is -0.743. The predicted molar refractivity (Wildman–Crippen MR) is 66.4 cm³/mol. The molecule has 0 radical (unpaired) electrons. The number of carboxylic acid groups (broad SMARTS) is 1. The molecule has 17 heavy (non-hydrogen) atoms. The number of thiophene rings is 1. The molecule has 1 N–H and O–H groups in total. The van der Waals surface area contributed by atoms with Gasteiger partial charge in [0.15, 0.2) is 0 Å². The maximum absolute atomic E-state index is 11.0. The molecule has 5 heteroatoms. The normalized spacial score (nSPS) is 19.1. The molecule has 4 nitrogen and oxygen atoms in total. The van der Waals surface area contributed by atoms with E-state index in [4.69, 9.17) is 9.84 Å². The Hall–Kier alpha value is -0.910. The molecule has 1 aliphatic heterocycles. The van der Waals surface area contributed by atoms with Gasteiger partial charge in [0, 0.05) is 22.8 Å². The fraction of sp³-hybridized carbons (Fsp3) is 0.583. The molecule has 0 aliphatic carbocycles. The molecule has 2 rings (SSSR count). The second-order valence-corrected chi connectivity index (χ2v) is 5.53. The van der Waals surface area contributed by atoms with E-state index in [0.717, 1.165) is 18.0 Å². The average Bonchev–Trinajstić information content (AvgIpc) is 2.73. The second-order valence-electron chi connectivity index (χ2n) is 4.21. The quantitative estimate of drug-likeness (QED) is 0.893. The molecule has 1 aromatic heterocycles. The first-order valence-electron chi connectivity index (χ1n) is 5.77. The van der Waals surface area contributed by atoms with E-state index in [9.17, 15) is 4.79 Å². The molecular formula is C12H17NO3S. The fourth-order valence-electron chi connectivity index (χ4n) is 2.10. The van der Waals surface area contributed by atoms with Crippen molar-refractivity contribution in [3.05, 3.63) is 21.9 Å². The van der Waals surface area contributed by atoms with Gasteiger partial charge < -0.3 is 9.84 Å². The molecule has 1 aromatic rings.